The van der Waals surface area contributed by atoms with E-state index in [1.54, 1.807) is 6.20 Å². The second-order valence-corrected chi connectivity index (χ2v) is 4.28. The van der Waals surface area contributed by atoms with Gasteiger partial charge in [-0.1, -0.05) is 12.1 Å². The zero-order valence-electron chi connectivity index (χ0n) is 8.65. The number of nitrogen functional groups attached to an aromatic ring is 1. The van der Waals surface area contributed by atoms with Crippen molar-refractivity contribution in [1.82, 2.24) is 4.98 Å². The number of hydrogen-bond acceptors (Lipinski definition) is 3. The number of nitrogens with zero attached hydrogens (tertiary/aromatic N) is 1. The number of nitrogens with two attached hydrogens (primary N) is 1. The van der Waals surface area contributed by atoms with E-state index in [4.69, 9.17) is 5.73 Å². The van der Waals surface area contributed by atoms with Crippen molar-refractivity contribution in [2.75, 3.05) is 11.1 Å². The Morgan fingerprint density at radius 1 is 1.25 bits per heavy atom. The molecule has 3 N–H and O–H groups in total. The van der Waals surface area contributed by atoms with Gasteiger partial charge in [-0.25, -0.2) is 4.98 Å². The van der Waals surface area contributed by atoms with Crippen LogP contribution in [0.15, 0.2) is 47.1 Å². The van der Waals surface area contributed by atoms with E-state index in [1.165, 1.54) is 0 Å². The lowest BCUT2D eigenvalue weighted by atomic mass is 10.2. The summed E-state index contributed by atoms with van der Waals surface area (Å²) in [6, 6.07) is 11.8. The summed E-state index contributed by atoms with van der Waals surface area (Å²) in [5.74, 6) is 0.548. The van der Waals surface area contributed by atoms with Crippen LogP contribution in [0.2, 0.25) is 0 Å². The van der Waals surface area contributed by atoms with Gasteiger partial charge in [-0.15, -0.1) is 0 Å². The lowest BCUT2D eigenvalue weighted by Gasteiger charge is -2.08. The molecule has 2 rings (SSSR count). The van der Waals surface area contributed by atoms with Gasteiger partial charge in [0, 0.05) is 22.9 Å². The van der Waals surface area contributed by atoms with Crippen molar-refractivity contribution in [2.45, 2.75) is 6.54 Å². The summed E-state index contributed by atoms with van der Waals surface area (Å²) in [7, 11) is 0. The standard InChI is InChI=1S/C12H12BrN3/c13-10-3-1-2-4-11(10)16-8-9-5-6-15-12(14)7-9/h1-7,16H,8H2,(H2,14,15). The predicted octanol–water partition coefficient (Wildman–Crippen LogP) is 3.04. The Bertz CT molecular complexity index is 485. The summed E-state index contributed by atoms with van der Waals surface area (Å²) in [4.78, 5) is 3.95. The highest BCUT2D eigenvalue weighted by atomic mass is 79.9. The first-order valence-electron chi connectivity index (χ1n) is 4.94. The van der Waals surface area contributed by atoms with Crippen LogP contribution in [0, 0.1) is 0 Å². The quantitative estimate of drug-likeness (QED) is 0.907. The molecule has 0 aliphatic carbocycles. The molecule has 0 saturated heterocycles. The van der Waals surface area contributed by atoms with Crippen LogP contribution in [0.4, 0.5) is 11.5 Å². The van der Waals surface area contributed by atoms with Crippen LogP contribution in [0.5, 0.6) is 0 Å². The number of anilines is 2. The van der Waals surface area contributed by atoms with Crippen molar-refractivity contribution in [3.8, 4) is 0 Å². The molecule has 3 nitrogen and oxygen atoms in total. The van der Waals surface area contributed by atoms with Gasteiger partial charge in [0.15, 0.2) is 0 Å². The number of rotatable bonds is 3. The fourth-order valence-corrected chi connectivity index (χ4v) is 1.83. The topological polar surface area (TPSA) is 50.9 Å². The van der Waals surface area contributed by atoms with E-state index < -0.39 is 0 Å². The summed E-state index contributed by atoms with van der Waals surface area (Å²) in [6.07, 6.45) is 1.71. The van der Waals surface area contributed by atoms with E-state index in [1.807, 2.05) is 36.4 Å². The summed E-state index contributed by atoms with van der Waals surface area (Å²) in [6.45, 7) is 0.731. The molecule has 0 bridgehead atoms. The number of hydrogen-bond donors (Lipinski definition) is 2. The van der Waals surface area contributed by atoms with E-state index in [0.29, 0.717) is 5.82 Å². The second kappa shape index (κ2) is 4.99. The molecule has 1 aromatic heterocycles. The maximum absolute atomic E-state index is 5.61. The highest BCUT2D eigenvalue weighted by molar-refractivity contribution is 9.10. The van der Waals surface area contributed by atoms with Crippen LogP contribution in [-0.2, 0) is 6.54 Å². The van der Waals surface area contributed by atoms with Crippen molar-refractivity contribution in [3.63, 3.8) is 0 Å². The predicted molar refractivity (Wildman–Crippen MR) is 70.1 cm³/mol. The van der Waals surface area contributed by atoms with Crippen molar-refractivity contribution >= 4 is 27.4 Å². The normalized spacial score (nSPS) is 10.1. The van der Waals surface area contributed by atoms with Crippen LogP contribution >= 0.6 is 15.9 Å². The smallest absolute Gasteiger partial charge is 0.123 e. The Balaban J connectivity index is 2.05. The monoisotopic (exact) mass is 277 g/mol. The first-order valence-corrected chi connectivity index (χ1v) is 5.74. The lowest BCUT2D eigenvalue weighted by molar-refractivity contribution is 1.13. The third-order valence-corrected chi connectivity index (χ3v) is 2.89. The summed E-state index contributed by atoms with van der Waals surface area (Å²) in [5, 5.41) is 3.33. The lowest BCUT2D eigenvalue weighted by Crippen LogP contribution is -2.01. The molecule has 0 unspecified atom stereocenters. The Morgan fingerprint density at radius 3 is 2.81 bits per heavy atom. The average molecular weight is 278 g/mol. The van der Waals surface area contributed by atoms with E-state index in [-0.39, 0.29) is 0 Å². The van der Waals surface area contributed by atoms with Crippen LogP contribution in [0.1, 0.15) is 5.56 Å². The third-order valence-electron chi connectivity index (χ3n) is 2.20. The van der Waals surface area contributed by atoms with E-state index >= 15 is 0 Å². The molecule has 0 fully saturated rings. The Labute approximate surface area is 103 Å². The number of nitrogens with one attached hydrogen (secondary N) is 1. The SMILES string of the molecule is Nc1cc(CNc2ccccc2Br)ccn1. The molecule has 0 amide bonds. The van der Waals surface area contributed by atoms with Crippen molar-refractivity contribution < 1.29 is 0 Å². The molecule has 0 spiro atoms. The van der Waals surface area contributed by atoms with E-state index in [0.717, 1.165) is 22.3 Å². The van der Waals surface area contributed by atoms with Crippen LogP contribution in [-0.4, -0.2) is 4.98 Å². The summed E-state index contributed by atoms with van der Waals surface area (Å²) < 4.78 is 1.05. The van der Waals surface area contributed by atoms with Crippen molar-refractivity contribution in [1.29, 1.82) is 0 Å². The summed E-state index contributed by atoms with van der Waals surface area (Å²) >= 11 is 3.48. The fourth-order valence-electron chi connectivity index (χ4n) is 1.41. The molecular formula is C12H12BrN3. The molecule has 0 aliphatic rings. The number of para-hydroxylation sites is 1. The van der Waals surface area contributed by atoms with Gasteiger partial charge in [0.05, 0.1) is 0 Å². The zero-order valence-corrected chi connectivity index (χ0v) is 10.2. The molecular weight excluding hydrogens is 266 g/mol. The van der Waals surface area contributed by atoms with E-state index in [9.17, 15) is 0 Å². The zero-order chi connectivity index (χ0) is 11.4. The molecule has 0 radical (unpaired) electrons. The summed E-state index contributed by atoms with van der Waals surface area (Å²) in [5.41, 5.74) is 7.79. The van der Waals surface area contributed by atoms with Gasteiger partial charge < -0.3 is 11.1 Å². The minimum Gasteiger partial charge on any atom is -0.384 e. The van der Waals surface area contributed by atoms with Crippen LogP contribution in [0.25, 0.3) is 0 Å². The molecule has 16 heavy (non-hydrogen) atoms. The van der Waals surface area contributed by atoms with Gasteiger partial charge in [0.2, 0.25) is 0 Å². The van der Waals surface area contributed by atoms with Gasteiger partial charge in [0.1, 0.15) is 5.82 Å². The highest BCUT2D eigenvalue weighted by Crippen LogP contribution is 2.21. The van der Waals surface area contributed by atoms with Gasteiger partial charge >= 0.3 is 0 Å². The molecule has 0 aliphatic heterocycles. The number of pyridine rings is 1. The minimum atomic E-state index is 0.548. The Morgan fingerprint density at radius 2 is 2.06 bits per heavy atom. The van der Waals surface area contributed by atoms with E-state index in [2.05, 4.69) is 26.2 Å². The highest BCUT2D eigenvalue weighted by Gasteiger charge is 1.98. The fraction of sp³-hybridized carbons (Fsp3) is 0.0833. The first kappa shape index (κ1) is 11.0. The molecule has 1 heterocycles. The van der Waals surface area contributed by atoms with Gasteiger partial charge in [-0.2, -0.15) is 0 Å². The molecule has 0 atom stereocenters. The maximum Gasteiger partial charge on any atom is 0.123 e. The van der Waals surface area contributed by atoms with Crippen molar-refractivity contribution in [2.24, 2.45) is 0 Å². The molecule has 82 valence electrons. The largest absolute Gasteiger partial charge is 0.384 e. The van der Waals surface area contributed by atoms with Gasteiger partial charge in [-0.3, -0.25) is 0 Å². The number of benzene rings is 1. The van der Waals surface area contributed by atoms with Gasteiger partial charge in [-0.05, 0) is 45.8 Å². The first-order chi connectivity index (χ1) is 7.75. The third kappa shape index (κ3) is 2.73. The van der Waals surface area contributed by atoms with Crippen molar-refractivity contribution in [3.05, 3.63) is 52.6 Å². The average Bonchev–Trinajstić information content (AvgIpc) is 2.28. The van der Waals surface area contributed by atoms with Crippen LogP contribution < -0.4 is 11.1 Å². The second-order valence-electron chi connectivity index (χ2n) is 3.42. The molecule has 4 heteroatoms. The molecule has 2 aromatic rings. The molecule has 1 aromatic carbocycles. The molecule has 0 saturated carbocycles. The maximum atomic E-state index is 5.61. The number of halogens is 1. The Hall–Kier alpha value is -1.55. The van der Waals surface area contributed by atoms with Gasteiger partial charge in [0.25, 0.3) is 0 Å². The Kier molecular flexibility index (Phi) is 3.41. The number of aromatic nitrogens is 1. The minimum absolute atomic E-state index is 0.548. The van der Waals surface area contributed by atoms with Crippen LogP contribution in [0.3, 0.4) is 0 Å².